The van der Waals surface area contributed by atoms with Gasteiger partial charge in [0, 0.05) is 30.2 Å². The van der Waals surface area contributed by atoms with Gasteiger partial charge in [-0.25, -0.2) is 4.79 Å². The molecule has 1 aromatic heterocycles. The molecule has 1 aliphatic rings. The minimum absolute atomic E-state index is 0.0158. The first-order valence-electron chi connectivity index (χ1n) is 14.2. The van der Waals surface area contributed by atoms with Crippen molar-refractivity contribution < 1.29 is 19.1 Å². The van der Waals surface area contributed by atoms with Gasteiger partial charge in [0.25, 0.3) is 0 Å². The van der Waals surface area contributed by atoms with Crippen molar-refractivity contribution in [1.82, 2.24) is 14.7 Å². The van der Waals surface area contributed by atoms with E-state index in [4.69, 9.17) is 9.47 Å². The van der Waals surface area contributed by atoms with Crippen LogP contribution in [-0.4, -0.2) is 80.1 Å². The van der Waals surface area contributed by atoms with Crippen LogP contribution in [0.2, 0.25) is 0 Å². The van der Waals surface area contributed by atoms with E-state index >= 15 is 0 Å². The van der Waals surface area contributed by atoms with Gasteiger partial charge in [0.1, 0.15) is 6.54 Å². The highest BCUT2D eigenvalue weighted by atomic mass is 32.1. The number of anilines is 1. The van der Waals surface area contributed by atoms with Gasteiger partial charge in [0.05, 0.1) is 20.8 Å². The van der Waals surface area contributed by atoms with E-state index < -0.39 is 0 Å². The van der Waals surface area contributed by atoms with Crippen molar-refractivity contribution in [3.8, 4) is 11.5 Å². The number of amides is 3. The molecule has 3 amide bonds. The normalized spacial score (nSPS) is 13.2. The van der Waals surface area contributed by atoms with Crippen molar-refractivity contribution in [2.45, 2.75) is 39.7 Å². The summed E-state index contributed by atoms with van der Waals surface area (Å²) in [7, 11) is 3.24. The third kappa shape index (κ3) is 8.47. The topological polar surface area (TPSA) is 74.4 Å². The Morgan fingerprint density at radius 3 is 2.37 bits per heavy atom. The molecular formula is C32H42N4O4S. The summed E-state index contributed by atoms with van der Waals surface area (Å²) in [5, 5.41) is 5.10. The molecule has 0 unspecified atom stereocenters. The van der Waals surface area contributed by atoms with Crippen molar-refractivity contribution in [3.63, 3.8) is 0 Å². The lowest BCUT2D eigenvalue weighted by atomic mass is 10.1. The average molecular weight is 579 g/mol. The number of nitrogens with zero attached hydrogens (tertiary/aromatic N) is 3. The Kier molecular flexibility index (Phi) is 11.0. The number of benzene rings is 2. The fourth-order valence-corrected chi connectivity index (χ4v) is 5.94. The van der Waals surface area contributed by atoms with Gasteiger partial charge in [0.2, 0.25) is 5.91 Å². The van der Waals surface area contributed by atoms with E-state index in [1.54, 1.807) is 30.5 Å². The monoisotopic (exact) mass is 578 g/mol. The van der Waals surface area contributed by atoms with E-state index in [9.17, 15) is 9.59 Å². The van der Waals surface area contributed by atoms with Crippen LogP contribution in [-0.2, 0) is 17.8 Å². The molecule has 8 nitrogen and oxygen atoms in total. The largest absolute Gasteiger partial charge is 0.493 e. The number of nitrogens with one attached hydrogen (secondary N) is 1. The summed E-state index contributed by atoms with van der Waals surface area (Å²) in [4.78, 5) is 34.5. The van der Waals surface area contributed by atoms with Crippen LogP contribution in [0.3, 0.4) is 0 Å². The zero-order valence-corrected chi connectivity index (χ0v) is 25.5. The van der Waals surface area contributed by atoms with Crippen molar-refractivity contribution in [1.29, 1.82) is 0 Å². The third-order valence-electron chi connectivity index (χ3n) is 7.66. The van der Waals surface area contributed by atoms with Crippen LogP contribution >= 0.6 is 11.3 Å². The maximum atomic E-state index is 13.9. The van der Waals surface area contributed by atoms with Crippen LogP contribution in [0.25, 0.3) is 0 Å². The van der Waals surface area contributed by atoms with Gasteiger partial charge in [-0.15, -0.1) is 11.3 Å². The number of methoxy groups -OCH3 is 2. The van der Waals surface area contributed by atoms with Gasteiger partial charge < -0.3 is 29.5 Å². The van der Waals surface area contributed by atoms with Crippen molar-refractivity contribution in [2.75, 3.05) is 58.8 Å². The zero-order chi connectivity index (χ0) is 29.2. The molecule has 220 valence electrons. The molecule has 0 atom stereocenters. The number of hydrogen-bond acceptors (Lipinski definition) is 6. The van der Waals surface area contributed by atoms with E-state index in [-0.39, 0.29) is 18.5 Å². The highest BCUT2D eigenvalue weighted by molar-refractivity contribution is 7.10. The number of urea groups is 1. The molecule has 9 heteroatoms. The van der Waals surface area contributed by atoms with Crippen LogP contribution in [0.15, 0.2) is 53.9 Å². The molecule has 0 saturated carbocycles. The number of rotatable bonds is 13. The molecule has 3 aromatic rings. The van der Waals surface area contributed by atoms with Crippen LogP contribution in [0.4, 0.5) is 10.5 Å². The van der Waals surface area contributed by atoms with Crippen LogP contribution in [0, 0.1) is 13.8 Å². The number of aryl methyl sites for hydroxylation is 2. The van der Waals surface area contributed by atoms with Crippen molar-refractivity contribution in [3.05, 3.63) is 75.5 Å². The molecule has 0 aliphatic carbocycles. The number of carbonyl (C=O) groups is 2. The van der Waals surface area contributed by atoms with E-state index in [2.05, 4.69) is 28.6 Å². The molecule has 4 rings (SSSR count). The first-order valence-corrected chi connectivity index (χ1v) is 15.1. The maximum Gasteiger partial charge on any atom is 0.322 e. The number of ether oxygens (including phenoxy) is 2. The van der Waals surface area contributed by atoms with Gasteiger partial charge in [-0.05, 0) is 92.5 Å². The highest BCUT2D eigenvalue weighted by Gasteiger charge is 2.24. The molecular weight excluding hydrogens is 536 g/mol. The molecule has 41 heavy (non-hydrogen) atoms. The Morgan fingerprint density at radius 1 is 0.927 bits per heavy atom. The minimum Gasteiger partial charge on any atom is -0.493 e. The molecule has 1 fully saturated rings. The number of hydrogen-bond donors (Lipinski definition) is 1. The molecule has 0 radical (unpaired) electrons. The third-order valence-corrected chi connectivity index (χ3v) is 8.67. The predicted molar refractivity (Wildman–Crippen MR) is 165 cm³/mol. The number of para-hydroxylation sites is 1. The van der Waals surface area contributed by atoms with E-state index in [0.29, 0.717) is 37.6 Å². The second-order valence-electron chi connectivity index (χ2n) is 10.5. The van der Waals surface area contributed by atoms with Gasteiger partial charge in [-0.2, -0.15) is 0 Å². The van der Waals surface area contributed by atoms with Gasteiger partial charge in [0.15, 0.2) is 11.5 Å². The maximum absolute atomic E-state index is 13.9. The van der Waals surface area contributed by atoms with Crippen LogP contribution in [0.5, 0.6) is 11.5 Å². The summed E-state index contributed by atoms with van der Waals surface area (Å²) in [5.74, 6) is 1.27. The standard InChI is InChI=1S/C32H42N4O4S/c1-24-9-5-6-10-27(24)33-32(38)36(19-18-34-15-7-8-16-34)23-31(37)35(22-30-25(2)14-20-41-30)17-13-26-11-12-28(39-3)29(21-26)40-4/h5-6,9-12,14,20-21H,7-8,13,15-19,22-23H2,1-4H3,(H,33,38). The summed E-state index contributed by atoms with van der Waals surface area (Å²) >= 11 is 1.65. The van der Waals surface area contributed by atoms with Gasteiger partial charge in [-0.1, -0.05) is 24.3 Å². The smallest absolute Gasteiger partial charge is 0.322 e. The van der Waals surface area contributed by atoms with Crippen molar-refractivity contribution in [2.24, 2.45) is 0 Å². The lowest BCUT2D eigenvalue weighted by Crippen LogP contribution is -2.47. The molecule has 1 N–H and O–H groups in total. The summed E-state index contributed by atoms with van der Waals surface area (Å²) in [6, 6.07) is 15.4. The molecule has 1 saturated heterocycles. The summed E-state index contributed by atoms with van der Waals surface area (Å²) < 4.78 is 10.9. The molecule has 1 aliphatic heterocycles. The van der Waals surface area contributed by atoms with Gasteiger partial charge >= 0.3 is 6.03 Å². The summed E-state index contributed by atoms with van der Waals surface area (Å²) in [5.41, 5.74) is 3.96. The highest BCUT2D eigenvalue weighted by Crippen LogP contribution is 2.28. The molecule has 2 aromatic carbocycles. The minimum atomic E-state index is -0.251. The Bertz CT molecular complexity index is 1300. The SMILES string of the molecule is COc1ccc(CCN(Cc2sccc2C)C(=O)CN(CCN2CCCC2)C(=O)Nc2ccccc2C)cc1OC. The average Bonchev–Trinajstić information content (AvgIpc) is 3.65. The summed E-state index contributed by atoms with van der Waals surface area (Å²) in [6.07, 6.45) is 3.01. The zero-order valence-electron chi connectivity index (χ0n) is 24.7. The Balaban J connectivity index is 1.50. The second kappa shape index (κ2) is 14.9. The number of thiophene rings is 1. The van der Waals surface area contributed by atoms with E-state index in [1.807, 2.05) is 54.3 Å². The number of carbonyl (C=O) groups excluding carboxylic acids is 2. The lowest BCUT2D eigenvalue weighted by molar-refractivity contribution is -0.132. The quantitative estimate of drug-likeness (QED) is 0.287. The Hall–Kier alpha value is -3.56. The second-order valence-corrected chi connectivity index (χ2v) is 11.5. The predicted octanol–water partition coefficient (Wildman–Crippen LogP) is 5.58. The Morgan fingerprint density at radius 2 is 1.68 bits per heavy atom. The lowest BCUT2D eigenvalue weighted by Gasteiger charge is -2.29. The summed E-state index contributed by atoms with van der Waals surface area (Å²) in [6.45, 7) is 8.40. The fraction of sp³-hybridized carbons (Fsp3) is 0.438. The van der Waals surface area contributed by atoms with Crippen molar-refractivity contribution >= 4 is 29.0 Å². The Labute approximate surface area is 247 Å². The number of likely N-dealkylation sites (tertiary alicyclic amines) is 1. The fourth-order valence-electron chi connectivity index (χ4n) is 5.02. The first kappa shape index (κ1) is 30.4. The van der Waals surface area contributed by atoms with Crippen LogP contribution < -0.4 is 14.8 Å². The van der Waals surface area contributed by atoms with E-state index in [0.717, 1.165) is 41.3 Å². The molecule has 2 heterocycles. The van der Waals surface area contributed by atoms with Crippen LogP contribution in [0.1, 0.15) is 34.4 Å². The van der Waals surface area contributed by atoms with Gasteiger partial charge in [-0.3, -0.25) is 4.79 Å². The molecule has 0 bridgehead atoms. The first-order chi connectivity index (χ1) is 19.9. The molecule has 0 spiro atoms. The van der Waals surface area contributed by atoms with E-state index in [1.165, 1.54) is 18.4 Å².